The van der Waals surface area contributed by atoms with Crippen molar-refractivity contribution < 1.29 is 0 Å². The zero-order chi connectivity index (χ0) is 25.0. The highest BCUT2D eigenvalue weighted by atomic mass is 35.5. The lowest BCUT2D eigenvalue weighted by molar-refractivity contribution is 1.07. The van der Waals surface area contributed by atoms with E-state index in [4.69, 9.17) is 26.6 Å². The second-order valence-corrected chi connectivity index (χ2v) is 9.15. The third-order valence-electron chi connectivity index (χ3n) is 6.17. The fourth-order valence-corrected chi connectivity index (χ4v) is 4.52. The SMILES string of the molecule is Clc1cccc(-c2nc(-c3cccc(-c4ccccc4)c3)nc(-c3cccc(-c4ccccc4)c3)n2)c1. The van der Waals surface area contributed by atoms with E-state index in [1.165, 1.54) is 0 Å². The average molecular weight is 496 g/mol. The minimum Gasteiger partial charge on any atom is -0.208 e. The molecule has 0 aliphatic carbocycles. The summed E-state index contributed by atoms with van der Waals surface area (Å²) in [5.74, 6) is 1.81. The lowest BCUT2D eigenvalue weighted by Crippen LogP contribution is -2.00. The Morgan fingerprint density at radius 1 is 0.324 bits per heavy atom. The first-order valence-electron chi connectivity index (χ1n) is 12.1. The summed E-state index contributed by atoms with van der Waals surface area (Å²) in [5, 5.41) is 0.637. The van der Waals surface area contributed by atoms with Crippen molar-refractivity contribution in [1.82, 2.24) is 15.0 Å². The first-order chi connectivity index (χ1) is 18.2. The Balaban J connectivity index is 1.51. The van der Waals surface area contributed by atoms with Crippen LogP contribution in [0.25, 0.3) is 56.4 Å². The van der Waals surface area contributed by atoms with E-state index in [0.29, 0.717) is 22.5 Å². The van der Waals surface area contributed by atoms with Gasteiger partial charge in [-0.3, -0.25) is 0 Å². The smallest absolute Gasteiger partial charge is 0.164 e. The first-order valence-corrected chi connectivity index (χ1v) is 12.4. The minimum absolute atomic E-state index is 0.581. The molecule has 6 rings (SSSR count). The highest BCUT2D eigenvalue weighted by molar-refractivity contribution is 6.30. The van der Waals surface area contributed by atoms with Crippen LogP contribution in [-0.2, 0) is 0 Å². The molecule has 0 amide bonds. The Morgan fingerprint density at radius 2 is 0.676 bits per heavy atom. The molecule has 5 aromatic carbocycles. The van der Waals surface area contributed by atoms with E-state index in [2.05, 4.69) is 48.5 Å². The van der Waals surface area contributed by atoms with Crippen LogP contribution >= 0.6 is 11.6 Å². The third kappa shape index (κ3) is 5.04. The molecule has 4 heteroatoms. The van der Waals surface area contributed by atoms with E-state index in [1.807, 2.05) is 84.9 Å². The molecule has 0 N–H and O–H groups in total. The molecule has 0 bridgehead atoms. The van der Waals surface area contributed by atoms with Gasteiger partial charge in [-0.2, -0.15) is 0 Å². The first kappa shape index (κ1) is 22.8. The van der Waals surface area contributed by atoms with Gasteiger partial charge in [0.1, 0.15) is 0 Å². The van der Waals surface area contributed by atoms with Crippen molar-refractivity contribution in [3.05, 3.63) is 138 Å². The molecule has 0 aliphatic heterocycles. The van der Waals surface area contributed by atoms with Crippen LogP contribution < -0.4 is 0 Å². The second kappa shape index (κ2) is 10.2. The zero-order valence-corrected chi connectivity index (χ0v) is 20.7. The van der Waals surface area contributed by atoms with Gasteiger partial charge >= 0.3 is 0 Å². The van der Waals surface area contributed by atoms with Crippen molar-refractivity contribution in [3.63, 3.8) is 0 Å². The van der Waals surface area contributed by atoms with Gasteiger partial charge in [-0.25, -0.2) is 15.0 Å². The summed E-state index contributed by atoms with van der Waals surface area (Å²) in [6.45, 7) is 0. The van der Waals surface area contributed by atoms with Gasteiger partial charge < -0.3 is 0 Å². The fraction of sp³-hybridized carbons (Fsp3) is 0. The molecule has 0 radical (unpaired) electrons. The maximum absolute atomic E-state index is 6.31. The molecular formula is C33H22ClN3. The molecule has 6 aromatic rings. The molecule has 0 spiro atoms. The van der Waals surface area contributed by atoms with Gasteiger partial charge in [0.05, 0.1) is 0 Å². The van der Waals surface area contributed by atoms with Crippen molar-refractivity contribution in [2.45, 2.75) is 0 Å². The van der Waals surface area contributed by atoms with Gasteiger partial charge in [-0.05, 0) is 46.5 Å². The number of hydrogen-bond acceptors (Lipinski definition) is 3. The van der Waals surface area contributed by atoms with E-state index in [-0.39, 0.29) is 0 Å². The minimum atomic E-state index is 0.581. The van der Waals surface area contributed by atoms with Gasteiger partial charge in [0.25, 0.3) is 0 Å². The van der Waals surface area contributed by atoms with Crippen LogP contribution in [0.3, 0.4) is 0 Å². The molecular weight excluding hydrogens is 474 g/mol. The van der Waals surface area contributed by atoms with Crippen LogP contribution in [0, 0.1) is 0 Å². The Morgan fingerprint density at radius 3 is 1.11 bits per heavy atom. The zero-order valence-electron chi connectivity index (χ0n) is 19.9. The largest absolute Gasteiger partial charge is 0.208 e. The Bertz CT molecular complexity index is 1580. The normalized spacial score (nSPS) is 10.8. The average Bonchev–Trinajstić information content (AvgIpc) is 2.98. The molecule has 0 fully saturated rings. The van der Waals surface area contributed by atoms with Crippen LogP contribution in [0.15, 0.2) is 133 Å². The molecule has 1 aromatic heterocycles. The van der Waals surface area contributed by atoms with Crippen molar-refractivity contribution in [1.29, 1.82) is 0 Å². The summed E-state index contributed by atoms with van der Waals surface area (Å²) in [4.78, 5) is 14.7. The molecule has 0 unspecified atom stereocenters. The summed E-state index contributed by atoms with van der Waals surface area (Å²) in [5.41, 5.74) is 7.19. The maximum atomic E-state index is 6.31. The predicted molar refractivity (Wildman–Crippen MR) is 152 cm³/mol. The lowest BCUT2D eigenvalue weighted by Gasteiger charge is -2.11. The summed E-state index contributed by atoms with van der Waals surface area (Å²) in [6, 6.07) is 44.8. The van der Waals surface area contributed by atoms with Gasteiger partial charge in [0.2, 0.25) is 0 Å². The summed E-state index contributed by atoms with van der Waals surface area (Å²) >= 11 is 6.31. The van der Waals surface area contributed by atoms with E-state index in [0.717, 1.165) is 38.9 Å². The maximum Gasteiger partial charge on any atom is 0.164 e. The predicted octanol–water partition coefficient (Wildman–Crippen LogP) is 8.86. The highest BCUT2D eigenvalue weighted by Gasteiger charge is 2.14. The van der Waals surface area contributed by atoms with Crippen LogP contribution in [0.5, 0.6) is 0 Å². The van der Waals surface area contributed by atoms with Crippen LogP contribution in [-0.4, -0.2) is 15.0 Å². The monoisotopic (exact) mass is 495 g/mol. The molecule has 0 saturated carbocycles. The van der Waals surface area contributed by atoms with Gasteiger partial charge in [-0.1, -0.05) is 121 Å². The highest BCUT2D eigenvalue weighted by Crippen LogP contribution is 2.30. The topological polar surface area (TPSA) is 38.7 Å². The number of nitrogens with zero attached hydrogens (tertiary/aromatic N) is 3. The Labute approximate surface area is 221 Å². The number of halogens is 1. The molecule has 0 saturated heterocycles. The van der Waals surface area contributed by atoms with Crippen molar-refractivity contribution in [2.24, 2.45) is 0 Å². The standard InChI is InChI=1S/C33H22ClN3/c34-30-19-9-18-29(22-30)33-36-31(27-16-7-14-25(20-27)23-10-3-1-4-11-23)35-32(37-33)28-17-8-15-26(21-28)24-12-5-2-6-13-24/h1-22H. The quantitative estimate of drug-likeness (QED) is 0.240. The molecule has 1 heterocycles. The Hall–Kier alpha value is -4.60. The number of aromatic nitrogens is 3. The van der Waals surface area contributed by atoms with Gasteiger partial charge in [0, 0.05) is 21.7 Å². The lowest BCUT2D eigenvalue weighted by atomic mass is 10.0. The molecule has 0 atom stereocenters. The van der Waals surface area contributed by atoms with E-state index in [9.17, 15) is 0 Å². The third-order valence-corrected chi connectivity index (χ3v) is 6.41. The summed E-state index contributed by atoms with van der Waals surface area (Å²) < 4.78 is 0. The number of rotatable bonds is 5. The molecule has 0 aliphatic rings. The number of hydrogen-bond donors (Lipinski definition) is 0. The van der Waals surface area contributed by atoms with Crippen LogP contribution in [0.2, 0.25) is 5.02 Å². The number of benzene rings is 5. The van der Waals surface area contributed by atoms with Crippen LogP contribution in [0.1, 0.15) is 0 Å². The van der Waals surface area contributed by atoms with Gasteiger partial charge in [0.15, 0.2) is 17.5 Å². The van der Waals surface area contributed by atoms with Crippen LogP contribution in [0.4, 0.5) is 0 Å². The van der Waals surface area contributed by atoms with Crippen molar-refractivity contribution in [3.8, 4) is 56.4 Å². The van der Waals surface area contributed by atoms with E-state index in [1.54, 1.807) is 0 Å². The summed E-state index contributed by atoms with van der Waals surface area (Å²) in [6.07, 6.45) is 0. The molecule has 37 heavy (non-hydrogen) atoms. The second-order valence-electron chi connectivity index (χ2n) is 8.71. The van der Waals surface area contributed by atoms with Crippen molar-refractivity contribution >= 4 is 11.6 Å². The fourth-order valence-electron chi connectivity index (χ4n) is 4.33. The summed E-state index contributed by atoms with van der Waals surface area (Å²) in [7, 11) is 0. The van der Waals surface area contributed by atoms with Gasteiger partial charge in [-0.15, -0.1) is 0 Å². The molecule has 176 valence electrons. The molecule has 3 nitrogen and oxygen atoms in total. The Kier molecular flexibility index (Phi) is 6.28. The van der Waals surface area contributed by atoms with E-state index < -0.39 is 0 Å². The van der Waals surface area contributed by atoms with E-state index >= 15 is 0 Å². The van der Waals surface area contributed by atoms with Crippen molar-refractivity contribution in [2.75, 3.05) is 0 Å².